The van der Waals surface area contributed by atoms with Crippen LogP contribution in [0.2, 0.25) is 0 Å². The molecule has 4 heteroatoms. The van der Waals surface area contributed by atoms with Crippen LogP contribution in [0.1, 0.15) is 0 Å². The minimum Gasteiger partial charge on any atom is -0.306 e. The van der Waals surface area contributed by atoms with E-state index in [0.717, 1.165) is 0 Å². The molecule has 2 N–H and O–H groups in total. The van der Waals surface area contributed by atoms with Crippen LogP contribution >= 0.6 is 0 Å². The summed E-state index contributed by atoms with van der Waals surface area (Å²) in [5.41, 5.74) is 5.28. The van der Waals surface area contributed by atoms with Crippen molar-refractivity contribution < 1.29 is 4.39 Å². The zero-order chi connectivity index (χ0) is 7.40. The molecular weight excluding hydrogens is 133 g/mol. The van der Waals surface area contributed by atoms with Gasteiger partial charge in [0, 0.05) is 19.3 Å². The molecule has 0 bridgehead atoms. The Morgan fingerprint density at radius 1 is 1.60 bits per heavy atom. The van der Waals surface area contributed by atoms with E-state index in [1.165, 1.54) is 18.3 Å². The maximum Gasteiger partial charge on any atom is 0.142 e. The highest BCUT2D eigenvalue weighted by molar-refractivity contribution is 5.32. The normalized spacial score (nSPS) is 9.40. The molecule has 1 rings (SSSR count). The van der Waals surface area contributed by atoms with E-state index in [0.29, 0.717) is 5.82 Å². The molecule has 0 atom stereocenters. The summed E-state index contributed by atoms with van der Waals surface area (Å²) in [6.45, 7) is 0. The predicted molar refractivity (Wildman–Crippen MR) is 36.9 cm³/mol. The molecule has 0 saturated carbocycles. The van der Waals surface area contributed by atoms with Crippen LogP contribution in [0.25, 0.3) is 0 Å². The van der Waals surface area contributed by atoms with Crippen molar-refractivity contribution in [3.8, 4) is 0 Å². The van der Waals surface area contributed by atoms with E-state index in [9.17, 15) is 4.39 Å². The number of hydrogen-bond donors (Lipinski definition) is 2. The van der Waals surface area contributed by atoms with Crippen molar-refractivity contribution in [1.82, 2.24) is 10.4 Å². The second kappa shape index (κ2) is 3.12. The summed E-state index contributed by atoms with van der Waals surface area (Å²) in [6.07, 6.45) is 1.40. The number of halogens is 1. The molecule has 0 aromatic carbocycles. The van der Waals surface area contributed by atoms with Gasteiger partial charge in [0.2, 0.25) is 0 Å². The summed E-state index contributed by atoms with van der Waals surface area (Å²) in [5.74, 6) is 0.176. The lowest BCUT2D eigenvalue weighted by atomic mass is 10.4. The summed E-state index contributed by atoms with van der Waals surface area (Å²) in [5, 5.41) is 0. The Bertz CT molecular complexity index is 214. The Morgan fingerprint density at radius 2 is 2.40 bits per heavy atom. The van der Waals surface area contributed by atoms with Crippen molar-refractivity contribution in [1.29, 1.82) is 0 Å². The molecule has 0 spiro atoms. The maximum atomic E-state index is 12.4. The maximum absolute atomic E-state index is 12.4. The van der Waals surface area contributed by atoms with E-state index >= 15 is 0 Å². The number of hydrogen-bond acceptors (Lipinski definition) is 3. The lowest BCUT2D eigenvalue weighted by Gasteiger charge is -2.00. The van der Waals surface area contributed by atoms with Crippen LogP contribution < -0.4 is 10.9 Å². The molecule has 0 saturated heterocycles. The highest BCUT2D eigenvalue weighted by Gasteiger charge is 1.91. The first-order chi connectivity index (χ1) is 4.83. The molecule has 0 unspecified atom stereocenters. The summed E-state index contributed by atoms with van der Waals surface area (Å²) < 4.78 is 12.4. The van der Waals surface area contributed by atoms with Gasteiger partial charge in [-0.25, -0.2) is 14.8 Å². The van der Waals surface area contributed by atoms with Crippen molar-refractivity contribution in [3.63, 3.8) is 0 Å². The number of nitrogens with one attached hydrogen (secondary N) is 2. The number of hydrazine groups is 1. The van der Waals surface area contributed by atoms with E-state index in [-0.39, 0.29) is 5.82 Å². The molecule has 54 valence electrons. The van der Waals surface area contributed by atoms with Crippen LogP contribution in [-0.4, -0.2) is 12.0 Å². The first kappa shape index (κ1) is 6.95. The first-order valence-corrected chi connectivity index (χ1v) is 2.87. The second-order valence-electron chi connectivity index (χ2n) is 1.73. The fourth-order valence-corrected chi connectivity index (χ4v) is 0.601. The number of aromatic nitrogens is 1. The number of pyridine rings is 1. The molecule has 0 amide bonds. The van der Waals surface area contributed by atoms with Gasteiger partial charge in [0.1, 0.15) is 11.6 Å². The van der Waals surface area contributed by atoms with E-state index in [2.05, 4.69) is 15.8 Å². The van der Waals surface area contributed by atoms with Gasteiger partial charge in [-0.15, -0.1) is 0 Å². The van der Waals surface area contributed by atoms with E-state index in [1.54, 1.807) is 7.05 Å². The Morgan fingerprint density at radius 3 is 3.00 bits per heavy atom. The summed E-state index contributed by atoms with van der Waals surface area (Å²) in [7, 11) is 1.69. The van der Waals surface area contributed by atoms with Crippen LogP contribution in [-0.2, 0) is 0 Å². The average Bonchev–Trinajstić information content (AvgIpc) is 1.88. The van der Waals surface area contributed by atoms with Crippen LogP contribution in [0.5, 0.6) is 0 Å². The Hall–Kier alpha value is -1.16. The minimum absolute atomic E-state index is 0.298. The predicted octanol–water partition coefficient (Wildman–Crippen LogP) is 0.767. The van der Waals surface area contributed by atoms with Gasteiger partial charge in [-0.1, -0.05) is 0 Å². The van der Waals surface area contributed by atoms with Crippen LogP contribution in [0.15, 0.2) is 18.3 Å². The van der Waals surface area contributed by atoms with E-state index in [4.69, 9.17) is 0 Å². The largest absolute Gasteiger partial charge is 0.306 e. The van der Waals surface area contributed by atoms with Crippen LogP contribution in [0, 0.1) is 5.82 Å². The van der Waals surface area contributed by atoms with Crippen molar-refractivity contribution >= 4 is 5.82 Å². The third-order valence-electron chi connectivity index (χ3n) is 0.975. The van der Waals surface area contributed by atoms with E-state index in [1.807, 2.05) is 0 Å². The highest BCUT2D eigenvalue weighted by Crippen LogP contribution is 2.02. The average molecular weight is 141 g/mol. The number of rotatable bonds is 2. The minimum atomic E-state index is -0.298. The highest BCUT2D eigenvalue weighted by atomic mass is 19.1. The van der Waals surface area contributed by atoms with E-state index < -0.39 is 0 Å². The molecule has 1 heterocycles. The second-order valence-corrected chi connectivity index (χ2v) is 1.73. The monoisotopic (exact) mass is 141 g/mol. The third-order valence-corrected chi connectivity index (χ3v) is 0.975. The SMILES string of the molecule is CNNc1cc(F)ccn1. The Kier molecular flexibility index (Phi) is 2.17. The zero-order valence-corrected chi connectivity index (χ0v) is 5.56. The molecule has 0 aliphatic heterocycles. The molecule has 10 heavy (non-hydrogen) atoms. The van der Waals surface area contributed by atoms with Crippen LogP contribution in [0.3, 0.4) is 0 Å². The summed E-state index contributed by atoms with van der Waals surface area (Å²) >= 11 is 0. The van der Waals surface area contributed by atoms with Crippen molar-refractivity contribution in [2.75, 3.05) is 12.5 Å². The molecule has 0 radical (unpaired) electrons. The Labute approximate surface area is 58.3 Å². The summed E-state index contributed by atoms with van der Waals surface area (Å²) in [6, 6.07) is 2.59. The van der Waals surface area contributed by atoms with Crippen molar-refractivity contribution in [2.24, 2.45) is 0 Å². The third kappa shape index (κ3) is 1.66. The van der Waals surface area contributed by atoms with Gasteiger partial charge in [0.15, 0.2) is 0 Å². The van der Waals surface area contributed by atoms with Gasteiger partial charge in [-0.2, -0.15) is 0 Å². The molecular formula is C6H8FN3. The standard InChI is InChI=1S/C6H8FN3/c1-8-10-6-4-5(7)2-3-9-6/h2-4,8H,1H3,(H,9,10). The van der Waals surface area contributed by atoms with Crippen LogP contribution in [0.4, 0.5) is 10.2 Å². The molecule has 0 aliphatic rings. The van der Waals surface area contributed by atoms with Gasteiger partial charge in [0.05, 0.1) is 0 Å². The fourth-order valence-electron chi connectivity index (χ4n) is 0.601. The first-order valence-electron chi connectivity index (χ1n) is 2.87. The lowest BCUT2D eigenvalue weighted by Crippen LogP contribution is -2.15. The molecule has 3 nitrogen and oxygen atoms in total. The smallest absolute Gasteiger partial charge is 0.142 e. The fraction of sp³-hybridized carbons (Fsp3) is 0.167. The lowest BCUT2D eigenvalue weighted by molar-refractivity contribution is 0.625. The van der Waals surface area contributed by atoms with Crippen molar-refractivity contribution in [2.45, 2.75) is 0 Å². The van der Waals surface area contributed by atoms with Gasteiger partial charge in [-0.3, -0.25) is 0 Å². The zero-order valence-electron chi connectivity index (χ0n) is 5.56. The van der Waals surface area contributed by atoms with Gasteiger partial charge >= 0.3 is 0 Å². The molecule has 1 aromatic rings. The number of anilines is 1. The topological polar surface area (TPSA) is 37.0 Å². The van der Waals surface area contributed by atoms with Gasteiger partial charge < -0.3 is 5.43 Å². The summed E-state index contributed by atoms with van der Waals surface area (Å²) in [4.78, 5) is 3.82. The molecule has 1 aromatic heterocycles. The molecule has 0 aliphatic carbocycles. The number of nitrogens with zero attached hydrogens (tertiary/aromatic N) is 1. The van der Waals surface area contributed by atoms with Gasteiger partial charge in [0.25, 0.3) is 0 Å². The van der Waals surface area contributed by atoms with Crippen molar-refractivity contribution in [3.05, 3.63) is 24.1 Å². The van der Waals surface area contributed by atoms with Gasteiger partial charge in [-0.05, 0) is 6.07 Å². The molecule has 0 fully saturated rings. The quantitative estimate of drug-likeness (QED) is 0.597. The Balaban J connectivity index is 2.75.